The molecule has 19 heavy (non-hydrogen) atoms. The van der Waals surface area contributed by atoms with E-state index >= 15 is 0 Å². The summed E-state index contributed by atoms with van der Waals surface area (Å²) in [5, 5.41) is 3.21. The van der Waals surface area contributed by atoms with E-state index < -0.39 is 5.97 Å². The second-order valence-electron chi connectivity index (χ2n) is 4.20. The summed E-state index contributed by atoms with van der Waals surface area (Å²) in [4.78, 5) is 22.7. The maximum Gasteiger partial charge on any atom is 0.331 e. The van der Waals surface area contributed by atoms with Crippen molar-refractivity contribution in [3.63, 3.8) is 0 Å². The Morgan fingerprint density at radius 3 is 2.63 bits per heavy atom. The summed E-state index contributed by atoms with van der Waals surface area (Å²) in [6, 6.07) is 7.22. The fourth-order valence-corrected chi connectivity index (χ4v) is 1.50. The maximum atomic E-state index is 11.5. The van der Waals surface area contributed by atoms with Crippen LogP contribution >= 0.6 is 11.6 Å². The molecule has 0 bridgehead atoms. The third-order valence-corrected chi connectivity index (χ3v) is 2.55. The highest BCUT2D eigenvalue weighted by atomic mass is 35.5. The zero-order chi connectivity index (χ0) is 14.3. The number of halogens is 1. The molecular weight excluding hydrogens is 266 g/mol. The van der Waals surface area contributed by atoms with Crippen molar-refractivity contribution < 1.29 is 14.3 Å². The number of hydrogen-bond acceptors (Lipinski definition) is 3. The molecule has 0 atom stereocenters. The van der Waals surface area contributed by atoms with Crippen LogP contribution in [-0.2, 0) is 20.9 Å². The molecule has 1 aromatic rings. The molecule has 1 amide bonds. The van der Waals surface area contributed by atoms with Crippen molar-refractivity contribution in [1.29, 1.82) is 0 Å². The van der Waals surface area contributed by atoms with Crippen LogP contribution in [0.2, 0.25) is 5.02 Å². The van der Waals surface area contributed by atoms with Crippen molar-refractivity contribution in [3.8, 4) is 0 Å². The van der Waals surface area contributed by atoms with E-state index in [1.807, 2.05) is 18.2 Å². The highest BCUT2D eigenvalue weighted by molar-refractivity contribution is 6.31. The molecule has 1 rings (SSSR count). The van der Waals surface area contributed by atoms with Gasteiger partial charge in [0, 0.05) is 17.6 Å². The van der Waals surface area contributed by atoms with Gasteiger partial charge in [-0.1, -0.05) is 35.4 Å². The Labute approximate surface area is 117 Å². The van der Waals surface area contributed by atoms with Gasteiger partial charge in [-0.05, 0) is 25.5 Å². The van der Waals surface area contributed by atoms with Crippen LogP contribution in [-0.4, -0.2) is 18.5 Å². The summed E-state index contributed by atoms with van der Waals surface area (Å²) >= 11 is 5.95. The molecule has 1 aromatic carbocycles. The van der Waals surface area contributed by atoms with Crippen molar-refractivity contribution in [3.05, 3.63) is 46.5 Å². The summed E-state index contributed by atoms with van der Waals surface area (Å²) in [7, 11) is 0. The molecule has 102 valence electrons. The van der Waals surface area contributed by atoms with Gasteiger partial charge in [0.05, 0.1) is 0 Å². The SMILES string of the molecule is CC(C)=CC(=O)OCC(=O)NCc1ccccc1Cl. The van der Waals surface area contributed by atoms with E-state index in [1.54, 1.807) is 19.9 Å². The number of esters is 1. The molecule has 5 heteroatoms. The molecule has 0 aliphatic heterocycles. The quantitative estimate of drug-likeness (QED) is 0.666. The van der Waals surface area contributed by atoms with Crippen LogP contribution in [0.1, 0.15) is 19.4 Å². The second-order valence-corrected chi connectivity index (χ2v) is 4.60. The largest absolute Gasteiger partial charge is 0.452 e. The van der Waals surface area contributed by atoms with E-state index in [4.69, 9.17) is 16.3 Å². The van der Waals surface area contributed by atoms with Gasteiger partial charge in [0.2, 0.25) is 0 Å². The van der Waals surface area contributed by atoms with E-state index in [1.165, 1.54) is 6.08 Å². The van der Waals surface area contributed by atoms with Crippen molar-refractivity contribution >= 4 is 23.5 Å². The van der Waals surface area contributed by atoms with Crippen molar-refractivity contribution in [2.45, 2.75) is 20.4 Å². The average Bonchev–Trinajstić information content (AvgIpc) is 2.34. The predicted octanol–water partition coefficient (Wildman–Crippen LogP) is 2.47. The topological polar surface area (TPSA) is 55.4 Å². The van der Waals surface area contributed by atoms with Crippen LogP contribution in [0.4, 0.5) is 0 Å². The van der Waals surface area contributed by atoms with Gasteiger partial charge in [0.25, 0.3) is 5.91 Å². The minimum atomic E-state index is -0.520. The number of rotatable bonds is 5. The maximum absolute atomic E-state index is 11.5. The highest BCUT2D eigenvalue weighted by Crippen LogP contribution is 2.14. The molecule has 4 nitrogen and oxygen atoms in total. The van der Waals surface area contributed by atoms with Crippen molar-refractivity contribution in [1.82, 2.24) is 5.32 Å². The first-order valence-electron chi connectivity index (χ1n) is 5.81. The first-order valence-corrected chi connectivity index (χ1v) is 6.18. The van der Waals surface area contributed by atoms with Crippen LogP contribution in [0, 0.1) is 0 Å². The molecule has 0 saturated heterocycles. The molecule has 0 radical (unpaired) electrons. The Hall–Kier alpha value is -1.81. The lowest BCUT2D eigenvalue weighted by atomic mass is 10.2. The first-order chi connectivity index (χ1) is 8.99. The smallest absolute Gasteiger partial charge is 0.331 e. The van der Waals surface area contributed by atoms with Gasteiger partial charge in [0.15, 0.2) is 6.61 Å². The minimum Gasteiger partial charge on any atom is -0.452 e. The molecular formula is C14H16ClNO3. The van der Waals surface area contributed by atoms with E-state index in [9.17, 15) is 9.59 Å². The van der Waals surface area contributed by atoms with Crippen LogP contribution in [0.5, 0.6) is 0 Å². The molecule has 0 aromatic heterocycles. The number of amides is 1. The van der Waals surface area contributed by atoms with E-state index in [2.05, 4.69) is 5.32 Å². The number of ether oxygens (including phenoxy) is 1. The van der Waals surface area contributed by atoms with Gasteiger partial charge < -0.3 is 10.1 Å². The highest BCUT2D eigenvalue weighted by Gasteiger charge is 2.06. The van der Waals surface area contributed by atoms with Gasteiger partial charge in [-0.25, -0.2) is 4.79 Å². The van der Waals surface area contributed by atoms with Crippen LogP contribution in [0.25, 0.3) is 0 Å². The first kappa shape index (κ1) is 15.2. The number of carbonyl (C=O) groups is 2. The fraction of sp³-hybridized carbons (Fsp3) is 0.286. The molecule has 0 fully saturated rings. The van der Waals surface area contributed by atoms with Crippen molar-refractivity contribution in [2.75, 3.05) is 6.61 Å². The number of hydrogen-bond donors (Lipinski definition) is 1. The molecule has 0 aliphatic rings. The molecule has 0 spiro atoms. The Morgan fingerprint density at radius 2 is 2.00 bits per heavy atom. The summed E-state index contributed by atoms with van der Waals surface area (Å²) in [5.74, 6) is -0.886. The minimum absolute atomic E-state index is 0.299. The van der Waals surface area contributed by atoms with Crippen LogP contribution in [0.3, 0.4) is 0 Å². The Bertz CT molecular complexity index is 493. The summed E-state index contributed by atoms with van der Waals surface area (Å²) < 4.78 is 4.77. The number of carbonyl (C=O) groups excluding carboxylic acids is 2. The zero-order valence-electron chi connectivity index (χ0n) is 10.9. The fourth-order valence-electron chi connectivity index (χ4n) is 1.30. The summed E-state index contributed by atoms with van der Waals surface area (Å²) in [5.41, 5.74) is 1.63. The molecule has 1 N–H and O–H groups in total. The lowest BCUT2D eigenvalue weighted by Crippen LogP contribution is -2.28. The average molecular weight is 282 g/mol. The van der Waals surface area contributed by atoms with Crippen LogP contribution < -0.4 is 5.32 Å². The number of benzene rings is 1. The Morgan fingerprint density at radius 1 is 1.32 bits per heavy atom. The lowest BCUT2D eigenvalue weighted by molar-refractivity contribution is -0.143. The van der Waals surface area contributed by atoms with Crippen LogP contribution in [0.15, 0.2) is 35.9 Å². The third kappa shape index (κ3) is 6.06. The summed E-state index contributed by atoms with van der Waals surface area (Å²) in [6.45, 7) is 3.56. The van der Waals surface area contributed by atoms with Gasteiger partial charge in [-0.2, -0.15) is 0 Å². The zero-order valence-corrected chi connectivity index (χ0v) is 11.7. The van der Waals surface area contributed by atoms with Gasteiger partial charge in [-0.3, -0.25) is 4.79 Å². The monoisotopic (exact) mass is 281 g/mol. The summed E-state index contributed by atoms with van der Waals surface area (Å²) in [6.07, 6.45) is 1.33. The van der Waals surface area contributed by atoms with Gasteiger partial charge >= 0.3 is 5.97 Å². The third-order valence-electron chi connectivity index (χ3n) is 2.19. The van der Waals surface area contributed by atoms with E-state index in [-0.39, 0.29) is 12.5 Å². The number of allylic oxidation sites excluding steroid dienone is 1. The standard InChI is InChI=1S/C14H16ClNO3/c1-10(2)7-14(18)19-9-13(17)16-8-11-5-3-4-6-12(11)15/h3-7H,8-9H2,1-2H3,(H,16,17). The second kappa shape index (κ2) is 7.59. The molecule has 0 saturated carbocycles. The van der Waals surface area contributed by atoms with Gasteiger partial charge in [0.1, 0.15) is 0 Å². The predicted molar refractivity (Wildman–Crippen MR) is 73.7 cm³/mol. The molecule has 0 heterocycles. The number of nitrogens with one attached hydrogen (secondary N) is 1. The van der Waals surface area contributed by atoms with Gasteiger partial charge in [-0.15, -0.1) is 0 Å². The van der Waals surface area contributed by atoms with E-state index in [0.717, 1.165) is 11.1 Å². The van der Waals surface area contributed by atoms with Crippen molar-refractivity contribution in [2.24, 2.45) is 0 Å². The lowest BCUT2D eigenvalue weighted by Gasteiger charge is -2.07. The molecule has 0 aliphatic carbocycles. The normalized spacial score (nSPS) is 9.63. The van der Waals surface area contributed by atoms with E-state index in [0.29, 0.717) is 11.6 Å². The molecule has 0 unspecified atom stereocenters. The Kier molecular flexibility index (Phi) is 6.09. The Balaban J connectivity index is 2.35.